The molecule has 1 aromatic heterocycles. The molecule has 180 valence electrons. The number of non-ortho nitro benzene ring substituents is 1. The number of nitrogens with one attached hydrogen (secondary N) is 1. The molecular formula is C18H14F7N3O5. The van der Waals surface area contributed by atoms with Gasteiger partial charge in [-0.2, -0.15) is 31.3 Å². The van der Waals surface area contributed by atoms with Crippen LogP contribution in [-0.2, 0) is 6.18 Å². The van der Waals surface area contributed by atoms with Gasteiger partial charge in [-0.15, -0.1) is 0 Å². The predicted octanol–water partition coefficient (Wildman–Crippen LogP) is 4.29. The monoisotopic (exact) mass is 485 g/mol. The topological polar surface area (TPSA) is 104 Å². The quantitative estimate of drug-likeness (QED) is 0.246. The summed E-state index contributed by atoms with van der Waals surface area (Å²) in [6.45, 7) is -2.36. The first kappa shape index (κ1) is 25.6. The van der Waals surface area contributed by atoms with Crippen molar-refractivity contribution in [1.29, 1.82) is 0 Å². The predicted molar refractivity (Wildman–Crippen MR) is 96.3 cm³/mol. The molecule has 0 aliphatic heterocycles. The first-order chi connectivity index (χ1) is 15.3. The molecule has 0 saturated heterocycles. The summed E-state index contributed by atoms with van der Waals surface area (Å²) < 4.78 is 98.5. The van der Waals surface area contributed by atoms with Crippen LogP contribution in [0.25, 0.3) is 0 Å². The average molecular weight is 485 g/mol. The minimum absolute atomic E-state index is 0.0288. The van der Waals surface area contributed by atoms with Gasteiger partial charge in [0.05, 0.1) is 22.7 Å². The van der Waals surface area contributed by atoms with Crippen LogP contribution in [0.2, 0.25) is 0 Å². The van der Waals surface area contributed by atoms with Crippen molar-refractivity contribution >= 4 is 11.6 Å². The highest BCUT2D eigenvalue weighted by molar-refractivity contribution is 5.95. The number of ether oxygens (including phenoxy) is 2. The number of nitro groups is 1. The Morgan fingerprint density at radius 2 is 1.70 bits per heavy atom. The van der Waals surface area contributed by atoms with E-state index in [1.54, 1.807) is 0 Å². The molecule has 0 radical (unpaired) electrons. The van der Waals surface area contributed by atoms with Gasteiger partial charge in [0.1, 0.15) is 5.82 Å². The number of halogens is 7. The van der Waals surface area contributed by atoms with Gasteiger partial charge in [0, 0.05) is 30.8 Å². The number of amides is 1. The fourth-order valence-electron chi connectivity index (χ4n) is 2.30. The number of nitro benzene ring substituents is 1. The summed E-state index contributed by atoms with van der Waals surface area (Å²) in [6.07, 6.45) is -9.74. The summed E-state index contributed by atoms with van der Waals surface area (Å²) in [6, 6.07) is 3.09. The van der Waals surface area contributed by atoms with Crippen molar-refractivity contribution in [2.45, 2.75) is 18.8 Å². The molecule has 0 bridgehead atoms. The largest absolute Gasteiger partial charge is 0.477 e. The number of hydrogen-bond donors (Lipinski definition) is 1. The highest BCUT2D eigenvalue weighted by Crippen LogP contribution is 2.33. The number of carbonyl (C=O) groups excluding carboxylic acids is 1. The first-order valence-electron chi connectivity index (χ1n) is 8.90. The van der Waals surface area contributed by atoms with Crippen LogP contribution in [0.3, 0.4) is 0 Å². The summed E-state index contributed by atoms with van der Waals surface area (Å²) in [4.78, 5) is 25.3. The summed E-state index contributed by atoms with van der Waals surface area (Å²) in [5.41, 5.74) is -2.45. The van der Waals surface area contributed by atoms with Crippen molar-refractivity contribution in [1.82, 2.24) is 10.3 Å². The highest BCUT2D eigenvalue weighted by atomic mass is 19.4. The van der Waals surface area contributed by atoms with E-state index >= 15 is 0 Å². The van der Waals surface area contributed by atoms with E-state index in [1.807, 2.05) is 0 Å². The minimum Gasteiger partial charge on any atom is -0.477 e. The van der Waals surface area contributed by atoms with Crippen molar-refractivity contribution < 1.29 is 49.9 Å². The van der Waals surface area contributed by atoms with Crippen LogP contribution in [-0.4, -0.2) is 41.7 Å². The van der Waals surface area contributed by atoms with Crippen molar-refractivity contribution in [3.05, 3.63) is 57.4 Å². The molecule has 2 rings (SSSR count). The fraction of sp³-hybridized carbons (Fsp3) is 0.333. The van der Waals surface area contributed by atoms with Crippen molar-refractivity contribution in [3.8, 4) is 11.8 Å². The highest BCUT2D eigenvalue weighted by Gasteiger charge is 2.33. The molecule has 1 amide bonds. The Kier molecular flexibility index (Phi) is 8.00. The van der Waals surface area contributed by atoms with Gasteiger partial charge in [0.25, 0.3) is 11.6 Å². The van der Waals surface area contributed by atoms with Crippen LogP contribution >= 0.6 is 0 Å². The van der Waals surface area contributed by atoms with Crippen LogP contribution in [0.1, 0.15) is 22.3 Å². The number of carbonyl (C=O) groups is 1. The Balaban J connectivity index is 1.95. The van der Waals surface area contributed by atoms with E-state index in [1.165, 1.54) is 0 Å². The Labute approximate surface area is 180 Å². The maximum Gasteiger partial charge on any atom is 0.422 e. The first-order valence-corrected chi connectivity index (χ1v) is 8.90. The molecule has 1 aromatic carbocycles. The van der Waals surface area contributed by atoms with Crippen LogP contribution in [0.5, 0.6) is 11.8 Å². The molecule has 0 fully saturated rings. The Hall–Kier alpha value is -3.65. The molecule has 33 heavy (non-hydrogen) atoms. The zero-order valence-electron chi connectivity index (χ0n) is 16.3. The second-order valence-electron chi connectivity index (χ2n) is 6.31. The molecule has 0 aliphatic rings. The number of pyridine rings is 1. The second kappa shape index (κ2) is 10.3. The molecule has 15 heteroatoms. The van der Waals surface area contributed by atoms with Gasteiger partial charge in [-0.25, -0.2) is 4.39 Å². The third-order valence-electron chi connectivity index (χ3n) is 3.75. The van der Waals surface area contributed by atoms with Crippen LogP contribution in [0, 0.1) is 15.9 Å². The van der Waals surface area contributed by atoms with E-state index in [9.17, 15) is 45.6 Å². The Morgan fingerprint density at radius 1 is 1.06 bits per heavy atom. The van der Waals surface area contributed by atoms with E-state index in [0.29, 0.717) is 6.07 Å². The standard InChI is InChI=1S/C18H14F7N3O5/c19-13-3-2-11(28(30)31)8-12(13)16(29)26-4-1-5-32-14-6-10(18(23,24)25)7-15(27-14)33-9-17(20,21)22/h2-3,6-8H,1,4-5,9H2,(H,26,29). The summed E-state index contributed by atoms with van der Waals surface area (Å²) in [5, 5.41) is 13.0. The number of benzene rings is 1. The minimum atomic E-state index is -4.91. The van der Waals surface area contributed by atoms with E-state index < -0.39 is 64.2 Å². The molecule has 0 aliphatic carbocycles. The third-order valence-corrected chi connectivity index (χ3v) is 3.75. The van der Waals surface area contributed by atoms with Gasteiger partial charge < -0.3 is 14.8 Å². The van der Waals surface area contributed by atoms with Gasteiger partial charge in [0.2, 0.25) is 11.8 Å². The van der Waals surface area contributed by atoms with Gasteiger partial charge in [0.15, 0.2) is 6.61 Å². The van der Waals surface area contributed by atoms with Crippen molar-refractivity contribution in [3.63, 3.8) is 0 Å². The molecule has 0 spiro atoms. The van der Waals surface area contributed by atoms with Gasteiger partial charge in [-0.3, -0.25) is 14.9 Å². The summed E-state index contributed by atoms with van der Waals surface area (Å²) in [7, 11) is 0. The lowest BCUT2D eigenvalue weighted by Crippen LogP contribution is -2.26. The van der Waals surface area contributed by atoms with Gasteiger partial charge in [-0.05, 0) is 12.5 Å². The number of nitrogens with zero attached hydrogens (tertiary/aromatic N) is 2. The molecule has 8 nitrogen and oxygen atoms in total. The molecule has 0 saturated carbocycles. The lowest BCUT2D eigenvalue weighted by atomic mass is 10.1. The molecular weight excluding hydrogens is 471 g/mol. The van der Waals surface area contributed by atoms with Crippen LogP contribution in [0.4, 0.5) is 36.4 Å². The number of aromatic nitrogens is 1. The molecule has 2 aromatic rings. The summed E-state index contributed by atoms with van der Waals surface area (Å²) in [5.74, 6) is -3.60. The van der Waals surface area contributed by atoms with E-state index in [0.717, 1.165) is 18.2 Å². The van der Waals surface area contributed by atoms with Gasteiger partial charge in [-0.1, -0.05) is 0 Å². The van der Waals surface area contributed by atoms with Crippen LogP contribution in [0.15, 0.2) is 30.3 Å². The normalized spacial score (nSPS) is 11.7. The van der Waals surface area contributed by atoms with Crippen molar-refractivity contribution in [2.75, 3.05) is 19.8 Å². The zero-order chi connectivity index (χ0) is 24.8. The van der Waals surface area contributed by atoms with Crippen LogP contribution < -0.4 is 14.8 Å². The Bertz CT molecular complexity index is 1010. The molecule has 1 N–H and O–H groups in total. The second-order valence-corrected chi connectivity index (χ2v) is 6.31. The van der Waals surface area contributed by atoms with Gasteiger partial charge >= 0.3 is 12.4 Å². The number of hydrogen-bond acceptors (Lipinski definition) is 6. The Morgan fingerprint density at radius 3 is 2.27 bits per heavy atom. The van der Waals surface area contributed by atoms with Crippen molar-refractivity contribution in [2.24, 2.45) is 0 Å². The van der Waals surface area contributed by atoms with E-state index in [2.05, 4.69) is 15.0 Å². The smallest absolute Gasteiger partial charge is 0.422 e. The van der Waals surface area contributed by atoms with E-state index in [4.69, 9.17) is 4.74 Å². The fourth-order valence-corrected chi connectivity index (χ4v) is 2.30. The molecule has 1 heterocycles. The summed E-state index contributed by atoms with van der Waals surface area (Å²) >= 11 is 0. The lowest BCUT2D eigenvalue weighted by Gasteiger charge is -2.14. The SMILES string of the molecule is O=C(NCCCOc1cc(C(F)(F)F)cc(OCC(F)(F)F)n1)c1cc([N+](=O)[O-])ccc1F. The lowest BCUT2D eigenvalue weighted by molar-refractivity contribution is -0.384. The maximum atomic E-state index is 13.7. The third kappa shape index (κ3) is 8.08. The number of rotatable bonds is 9. The molecule has 0 unspecified atom stereocenters. The average Bonchev–Trinajstić information content (AvgIpc) is 2.70. The maximum absolute atomic E-state index is 13.7. The molecule has 0 atom stereocenters. The van der Waals surface area contributed by atoms with E-state index in [-0.39, 0.29) is 25.6 Å². The zero-order valence-corrected chi connectivity index (χ0v) is 16.3. The number of alkyl halides is 6.